The van der Waals surface area contributed by atoms with Gasteiger partial charge in [0.1, 0.15) is 0 Å². The standard InChI is InChI=1S/C42H26N2O/c1-3-19-35-32(15-1)33-16-2-4-20-36(33)43(35)30-14-8-12-28(26-30)27-11-7-13-29(25-27)31-17-9-22-38-41(31)34-18-10-24-40-42(34)44(38)37-21-5-6-23-39(37)45-40/h1-26H. The molecule has 0 bridgehead atoms. The van der Waals surface area contributed by atoms with Crippen LogP contribution in [0, 0.1) is 0 Å². The second-order valence-electron chi connectivity index (χ2n) is 11.8. The van der Waals surface area contributed by atoms with Gasteiger partial charge in [0.15, 0.2) is 11.5 Å². The number of hydrogen-bond donors (Lipinski definition) is 0. The van der Waals surface area contributed by atoms with Gasteiger partial charge < -0.3 is 13.9 Å². The number of nitrogens with zero attached hydrogens (tertiary/aromatic N) is 2. The summed E-state index contributed by atoms with van der Waals surface area (Å²) in [6.07, 6.45) is 0. The summed E-state index contributed by atoms with van der Waals surface area (Å²) >= 11 is 0. The second kappa shape index (κ2) is 9.22. The third-order valence-electron chi connectivity index (χ3n) is 9.29. The van der Waals surface area contributed by atoms with Crippen LogP contribution in [0.15, 0.2) is 158 Å². The van der Waals surface area contributed by atoms with Crippen LogP contribution in [0.3, 0.4) is 0 Å². The highest BCUT2D eigenvalue weighted by atomic mass is 16.5. The lowest BCUT2D eigenvalue weighted by atomic mass is 9.95. The molecule has 0 atom stereocenters. The summed E-state index contributed by atoms with van der Waals surface area (Å²) in [6, 6.07) is 56.5. The minimum absolute atomic E-state index is 0.880. The molecule has 0 radical (unpaired) electrons. The van der Waals surface area contributed by atoms with Gasteiger partial charge in [0.25, 0.3) is 0 Å². The predicted octanol–water partition coefficient (Wildman–Crippen LogP) is 11.3. The molecule has 2 aromatic heterocycles. The molecule has 3 heteroatoms. The molecule has 1 aliphatic heterocycles. The molecule has 0 amide bonds. The molecule has 7 aromatic carbocycles. The Morgan fingerprint density at radius 2 is 1.00 bits per heavy atom. The molecule has 0 unspecified atom stereocenters. The van der Waals surface area contributed by atoms with Crippen LogP contribution in [0.4, 0.5) is 0 Å². The van der Waals surface area contributed by atoms with E-state index in [9.17, 15) is 0 Å². The maximum Gasteiger partial charge on any atom is 0.152 e. The molecule has 0 N–H and O–H groups in total. The molecule has 0 aliphatic carbocycles. The molecule has 1 aliphatic rings. The van der Waals surface area contributed by atoms with Crippen molar-refractivity contribution in [3.8, 4) is 45.1 Å². The Morgan fingerprint density at radius 3 is 1.84 bits per heavy atom. The normalized spacial score (nSPS) is 12.2. The molecule has 3 nitrogen and oxygen atoms in total. The van der Waals surface area contributed by atoms with Crippen molar-refractivity contribution >= 4 is 43.6 Å². The number of ether oxygens (including phenoxy) is 1. The Bertz CT molecular complexity index is 2580. The number of benzene rings is 7. The van der Waals surface area contributed by atoms with Gasteiger partial charge in [-0.2, -0.15) is 0 Å². The van der Waals surface area contributed by atoms with Crippen LogP contribution in [-0.4, -0.2) is 9.13 Å². The molecule has 0 saturated heterocycles. The first-order chi connectivity index (χ1) is 22.3. The molecule has 210 valence electrons. The van der Waals surface area contributed by atoms with Gasteiger partial charge in [-0.1, -0.05) is 103 Å². The van der Waals surface area contributed by atoms with E-state index in [-0.39, 0.29) is 0 Å². The van der Waals surface area contributed by atoms with Gasteiger partial charge in [-0.25, -0.2) is 0 Å². The maximum absolute atomic E-state index is 6.37. The van der Waals surface area contributed by atoms with Crippen LogP contribution >= 0.6 is 0 Å². The average molecular weight is 575 g/mol. The summed E-state index contributed by atoms with van der Waals surface area (Å²) in [7, 11) is 0. The lowest BCUT2D eigenvalue weighted by molar-refractivity contribution is 0.476. The largest absolute Gasteiger partial charge is 0.453 e. The molecule has 10 rings (SSSR count). The third-order valence-corrected chi connectivity index (χ3v) is 9.29. The number of rotatable bonds is 3. The predicted molar refractivity (Wildman–Crippen MR) is 186 cm³/mol. The van der Waals surface area contributed by atoms with E-state index in [4.69, 9.17) is 4.74 Å². The van der Waals surface area contributed by atoms with E-state index in [0.717, 1.165) is 28.4 Å². The molecular weight excluding hydrogens is 548 g/mol. The van der Waals surface area contributed by atoms with Gasteiger partial charge in [-0.05, 0) is 76.9 Å². The monoisotopic (exact) mass is 574 g/mol. The smallest absolute Gasteiger partial charge is 0.152 e. The molecule has 0 saturated carbocycles. The summed E-state index contributed by atoms with van der Waals surface area (Å²) < 4.78 is 11.1. The maximum atomic E-state index is 6.37. The zero-order valence-electron chi connectivity index (χ0n) is 24.3. The lowest BCUT2D eigenvalue weighted by Crippen LogP contribution is -2.03. The fourth-order valence-electron chi connectivity index (χ4n) is 7.40. The highest BCUT2D eigenvalue weighted by Crippen LogP contribution is 2.47. The minimum Gasteiger partial charge on any atom is -0.453 e. The van der Waals surface area contributed by atoms with E-state index in [1.54, 1.807) is 0 Å². The van der Waals surface area contributed by atoms with Crippen molar-refractivity contribution < 1.29 is 4.74 Å². The molecule has 3 heterocycles. The quantitative estimate of drug-likeness (QED) is 0.205. The van der Waals surface area contributed by atoms with Gasteiger partial charge in [0, 0.05) is 27.2 Å². The highest BCUT2D eigenvalue weighted by molar-refractivity contribution is 6.18. The number of aromatic nitrogens is 2. The summed E-state index contributed by atoms with van der Waals surface area (Å²) in [6.45, 7) is 0. The zero-order valence-corrected chi connectivity index (χ0v) is 24.3. The molecule has 0 spiro atoms. The first-order valence-electron chi connectivity index (χ1n) is 15.4. The summed E-state index contributed by atoms with van der Waals surface area (Å²) in [5, 5.41) is 4.98. The molecule has 45 heavy (non-hydrogen) atoms. The van der Waals surface area contributed by atoms with Crippen LogP contribution < -0.4 is 4.74 Å². The topological polar surface area (TPSA) is 19.1 Å². The molecular formula is C42H26N2O. The van der Waals surface area contributed by atoms with E-state index in [0.29, 0.717) is 0 Å². The van der Waals surface area contributed by atoms with E-state index in [1.165, 1.54) is 60.3 Å². The van der Waals surface area contributed by atoms with E-state index in [2.05, 4.69) is 155 Å². The average Bonchev–Trinajstić information content (AvgIpc) is 3.63. The van der Waals surface area contributed by atoms with Gasteiger partial charge in [-0.3, -0.25) is 0 Å². The second-order valence-corrected chi connectivity index (χ2v) is 11.8. The fourth-order valence-corrected chi connectivity index (χ4v) is 7.40. The number of para-hydroxylation sites is 5. The van der Waals surface area contributed by atoms with Crippen molar-refractivity contribution in [3.63, 3.8) is 0 Å². The van der Waals surface area contributed by atoms with Crippen LogP contribution in [0.1, 0.15) is 0 Å². The van der Waals surface area contributed by atoms with Crippen molar-refractivity contribution in [1.82, 2.24) is 9.13 Å². The van der Waals surface area contributed by atoms with E-state index < -0.39 is 0 Å². The lowest BCUT2D eigenvalue weighted by Gasteiger charge is -2.20. The highest BCUT2D eigenvalue weighted by Gasteiger charge is 2.24. The molecule has 9 aromatic rings. The number of fused-ring (bicyclic) bond motifs is 8. The summed E-state index contributed by atoms with van der Waals surface area (Å²) in [5.74, 6) is 1.77. The minimum atomic E-state index is 0.880. The Balaban J connectivity index is 1.16. The fraction of sp³-hybridized carbons (Fsp3) is 0. The SMILES string of the molecule is c1cc(-c2cccc(-n3c4ccccc4c4ccccc43)c2)cc(-c2cccc3c2c2cccc4c2n3-c2ccccc2O4)c1. The van der Waals surface area contributed by atoms with Crippen molar-refractivity contribution in [1.29, 1.82) is 0 Å². The molecule has 0 fully saturated rings. The zero-order chi connectivity index (χ0) is 29.5. The first kappa shape index (κ1) is 24.4. The van der Waals surface area contributed by atoms with Crippen LogP contribution in [0.2, 0.25) is 0 Å². The van der Waals surface area contributed by atoms with Crippen molar-refractivity contribution in [2.24, 2.45) is 0 Å². The Labute approximate surface area is 259 Å². The van der Waals surface area contributed by atoms with Crippen molar-refractivity contribution in [2.45, 2.75) is 0 Å². The Kier molecular flexibility index (Phi) is 5.00. The first-order valence-corrected chi connectivity index (χ1v) is 15.4. The third kappa shape index (κ3) is 3.46. The Morgan fingerprint density at radius 1 is 0.400 bits per heavy atom. The van der Waals surface area contributed by atoms with Crippen LogP contribution in [0.25, 0.3) is 77.2 Å². The van der Waals surface area contributed by atoms with E-state index in [1.807, 2.05) is 12.1 Å². The van der Waals surface area contributed by atoms with Crippen LogP contribution in [-0.2, 0) is 0 Å². The Hall–Kier alpha value is -6.06. The van der Waals surface area contributed by atoms with Crippen molar-refractivity contribution in [2.75, 3.05) is 0 Å². The van der Waals surface area contributed by atoms with Crippen LogP contribution in [0.5, 0.6) is 11.5 Å². The van der Waals surface area contributed by atoms with Gasteiger partial charge in [0.05, 0.1) is 27.8 Å². The summed E-state index contributed by atoms with van der Waals surface area (Å²) in [5.41, 5.74) is 11.8. The van der Waals surface area contributed by atoms with E-state index >= 15 is 0 Å². The van der Waals surface area contributed by atoms with Gasteiger partial charge >= 0.3 is 0 Å². The van der Waals surface area contributed by atoms with Crippen molar-refractivity contribution in [3.05, 3.63) is 158 Å². The van der Waals surface area contributed by atoms with Gasteiger partial charge in [-0.15, -0.1) is 0 Å². The van der Waals surface area contributed by atoms with Gasteiger partial charge in [0.2, 0.25) is 0 Å². The summed E-state index contributed by atoms with van der Waals surface area (Å²) in [4.78, 5) is 0. The number of hydrogen-bond acceptors (Lipinski definition) is 1.